The third-order valence-electron chi connectivity index (χ3n) is 4.61. The average Bonchev–Trinajstić information content (AvgIpc) is 2.69. The summed E-state index contributed by atoms with van der Waals surface area (Å²) in [5, 5.41) is 0. The third kappa shape index (κ3) is 4.42. The van der Waals surface area contributed by atoms with Crippen LogP contribution in [0.15, 0.2) is 48.5 Å². The minimum atomic E-state index is 0.0192. The molecule has 1 aliphatic heterocycles. The van der Waals surface area contributed by atoms with Gasteiger partial charge in [-0.25, -0.2) is 0 Å². The zero-order valence-corrected chi connectivity index (χ0v) is 15.5. The highest BCUT2D eigenvalue weighted by Gasteiger charge is 2.17. The molecular formula is C21H26N2O3. The van der Waals surface area contributed by atoms with E-state index in [9.17, 15) is 4.79 Å². The van der Waals surface area contributed by atoms with Gasteiger partial charge in [0, 0.05) is 45.0 Å². The van der Waals surface area contributed by atoms with Gasteiger partial charge in [0.25, 0.3) is 5.91 Å². The van der Waals surface area contributed by atoms with Crippen molar-refractivity contribution in [1.82, 2.24) is 4.90 Å². The number of carbonyl (C=O) groups excluding carboxylic acids is 1. The standard InChI is InChI=1S/C21H26N2O3/c1-22(21(24)18-9-7-17(8-10-18)16-25-2)15-19-5-3-4-6-20(19)23-11-13-26-14-12-23/h3-10H,11-16H2,1-2H3. The summed E-state index contributed by atoms with van der Waals surface area (Å²) >= 11 is 0. The second kappa shape index (κ2) is 8.83. The number of hydrogen-bond donors (Lipinski definition) is 0. The fourth-order valence-electron chi connectivity index (χ4n) is 3.22. The van der Waals surface area contributed by atoms with Gasteiger partial charge in [-0.1, -0.05) is 30.3 Å². The lowest BCUT2D eigenvalue weighted by molar-refractivity contribution is 0.0784. The van der Waals surface area contributed by atoms with Gasteiger partial charge in [0.2, 0.25) is 0 Å². The number of morpholine rings is 1. The molecule has 0 N–H and O–H groups in total. The van der Waals surface area contributed by atoms with Crippen molar-refractivity contribution in [1.29, 1.82) is 0 Å². The quantitative estimate of drug-likeness (QED) is 0.800. The molecule has 1 fully saturated rings. The average molecular weight is 354 g/mol. The first kappa shape index (κ1) is 18.4. The normalized spacial score (nSPS) is 14.3. The van der Waals surface area contributed by atoms with E-state index in [1.807, 2.05) is 43.4 Å². The summed E-state index contributed by atoms with van der Waals surface area (Å²) in [6, 6.07) is 15.9. The van der Waals surface area contributed by atoms with Crippen LogP contribution in [-0.2, 0) is 22.6 Å². The van der Waals surface area contributed by atoms with Crippen molar-refractivity contribution in [2.24, 2.45) is 0 Å². The van der Waals surface area contributed by atoms with Crippen LogP contribution in [0.5, 0.6) is 0 Å². The van der Waals surface area contributed by atoms with E-state index in [-0.39, 0.29) is 5.91 Å². The molecule has 1 aliphatic rings. The van der Waals surface area contributed by atoms with Gasteiger partial charge in [-0.2, -0.15) is 0 Å². The first-order valence-electron chi connectivity index (χ1n) is 8.93. The Morgan fingerprint density at radius 2 is 1.81 bits per heavy atom. The second-order valence-corrected chi connectivity index (χ2v) is 6.52. The number of carbonyl (C=O) groups is 1. The lowest BCUT2D eigenvalue weighted by atomic mass is 10.1. The maximum absolute atomic E-state index is 12.8. The Kier molecular flexibility index (Phi) is 6.26. The number of amides is 1. The third-order valence-corrected chi connectivity index (χ3v) is 4.61. The molecule has 0 radical (unpaired) electrons. The lowest BCUT2D eigenvalue weighted by Crippen LogP contribution is -2.37. The number of ether oxygens (including phenoxy) is 2. The molecule has 26 heavy (non-hydrogen) atoms. The Bertz CT molecular complexity index is 724. The van der Waals surface area contributed by atoms with E-state index < -0.39 is 0 Å². The molecule has 0 bridgehead atoms. The molecule has 5 heteroatoms. The number of benzene rings is 2. The van der Waals surface area contributed by atoms with E-state index in [1.165, 1.54) is 5.69 Å². The molecular weight excluding hydrogens is 328 g/mol. The monoisotopic (exact) mass is 354 g/mol. The van der Waals surface area contributed by atoms with Crippen LogP contribution in [0, 0.1) is 0 Å². The number of hydrogen-bond acceptors (Lipinski definition) is 4. The molecule has 138 valence electrons. The lowest BCUT2D eigenvalue weighted by Gasteiger charge is -2.31. The zero-order valence-electron chi connectivity index (χ0n) is 15.5. The minimum Gasteiger partial charge on any atom is -0.380 e. The second-order valence-electron chi connectivity index (χ2n) is 6.52. The molecule has 0 aromatic heterocycles. The Hall–Kier alpha value is -2.37. The summed E-state index contributed by atoms with van der Waals surface area (Å²) in [5.74, 6) is 0.0192. The summed E-state index contributed by atoms with van der Waals surface area (Å²) in [6.45, 7) is 4.39. The molecule has 5 nitrogen and oxygen atoms in total. The highest BCUT2D eigenvalue weighted by molar-refractivity contribution is 5.94. The van der Waals surface area contributed by atoms with Crippen LogP contribution in [0.1, 0.15) is 21.5 Å². The van der Waals surface area contributed by atoms with E-state index in [4.69, 9.17) is 9.47 Å². The first-order valence-corrected chi connectivity index (χ1v) is 8.93. The first-order chi connectivity index (χ1) is 12.7. The smallest absolute Gasteiger partial charge is 0.253 e. The minimum absolute atomic E-state index is 0.0192. The van der Waals surface area contributed by atoms with E-state index in [0.29, 0.717) is 18.7 Å². The van der Waals surface area contributed by atoms with Crippen LogP contribution in [0.25, 0.3) is 0 Å². The van der Waals surface area contributed by atoms with Gasteiger partial charge >= 0.3 is 0 Å². The Balaban J connectivity index is 1.71. The van der Waals surface area contributed by atoms with Crippen LogP contribution >= 0.6 is 0 Å². The topological polar surface area (TPSA) is 42.0 Å². The Morgan fingerprint density at radius 1 is 1.12 bits per heavy atom. The van der Waals surface area contributed by atoms with Crippen molar-refractivity contribution in [3.8, 4) is 0 Å². The van der Waals surface area contributed by atoms with Gasteiger partial charge < -0.3 is 19.3 Å². The summed E-state index contributed by atoms with van der Waals surface area (Å²) in [7, 11) is 3.51. The molecule has 0 aliphatic carbocycles. The van der Waals surface area contributed by atoms with Crippen molar-refractivity contribution >= 4 is 11.6 Å². The number of anilines is 1. The number of rotatable bonds is 6. The maximum atomic E-state index is 12.8. The highest BCUT2D eigenvalue weighted by Crippen LogP contribution is 2.23. The van der Waals surface area contributed by atoms with Crippen LogP contribution in [0.3, 0.4) is 0 Å². The molecule has 0 unspecified atom stereocenters. The van der Waals surface area contributed by atoms with Gasteiger partial charge in [0.1, 0.15) is 0 Å². The van der Waals surface area contributed by atoms with E-state index in [0.717, 1.165) is 37.4 Å². The van der Waals surface area contributed by atoms with Gasteiger partial charge in [-0.3, -0.25) is 4.79 Å². The molecule has 3 rings (SSSR count). The number of nitrogens with zero attached hydrogens (tertiary/aromatic N) is 2. The van der Waals surface area contributed by atoms with Crippen LogP contribution in [-0.4, -0.2) is 51.3 Å². The maximum Gasteiger partial charge on any atom is 0.253 e. The molecule has 1 heterocycles. The van der Waals surface area contributed by atoms with Crippen molar-refractivity contribution in [3.05, 3.63) is 65.2 Å². The fraction of sp³-hybridized carbons (Fsp3) is 0.381. The molecule has 0 spiro atoms. The van der Waals surface area contributed by atoms with Gasteiger partial charge in [0.05, 0.1) is 19.8 Å². The summed E-state index contributed by atoms with van der Waals surface area (Å²) in [5.41, 5.74) is 4.09. The Labute approximate surface area is 155 Å². The molecule has 2 aromatic rings. The Morgan fingerprint density at radius 3 is 2.50 bits per heavy atom. The summed E-state index contributed by atoms with van der Waals surface area (Å²) < 4.78 is 10.6. The van der Waals surface area contributed by atoms with Crippen molar-refractivity contribution in [2.45, 2.75) is 13.2 Å². The van der Waals surface area contributed by atoms with Crippen LogP contribution < -0.4 is 4.90 Å². The van der Waals surface area contributed by atoms with Gasteiger partial charge in [-0.05, 0) is 29.3 Å². The number of para-hydroxylation sites is 1. The predicted molar refractivity (Wildman–Crippen MR) is 102 cm³/mol. The molecule has 0 saturated carbocycles. The van der Waals surface area contributed by atoms with E-state index >= 15 is 0 Å². The summed E-state index contributed by atoms with van der Waals surface area (Å²) in [6.07, 6.45) is 0. The van der Waals surface area contributed by atoms with Crippen molar-refractivity contribution < 1.29 is 14.3 Å². The van der Waals surface area contributed by atoms with Crippen molar-refractivity contribution in [2.75, 3.05) is 45.4 Å². The molecule has 2 aromatic carbocycles. The molecule has 1 amide bonds. The van der Waals surface area contributed by atoms with Crippen LogP contribution in [0.2, 0.25) is 0 Å². The molecule has 0 atom stereocenters. The predicted octanol–water partition coefficient (Wildman–Crippen LogP) is 2.94. The van der Waals surface area contributed by atoms with Crippen molar-refractivity contribution in [3.63, 3.8) is 0 Å². The SMILES string of the molecule is COCc1ccc(C(=O)N(C)Cc2ccccc2N2CCOCC2)cc1. The summed E-state index contributed by atoms with van der Waals surface area (Å²) in [4.78, 5) is 16.9. The van der Waals surface area contributed by atoms with E-state index in [1.54, 1.807) is 12.0 Å². The zero-order chi connectivity index (χ0) is 18.4. The van der Waals surface area contributed by atoms with Gasteiger partial charge in [-0.15, -0.1) is 0 Å². The molecule has 1 saturated heterocycles. The number of methoxy groups -OCH3 is 1. The van der Waals surface area contributed by atoms with Gasteiger partial charge in [0.15, 0.2) is 0 Å². The largest absolute Gasteiger partial charge is 0.380 e. The fourth-order valence-corrected chi connectivity index (χ4v) is 3.22. The highest BCUT2D eigenvalue weighted by atomic mass is 16.5. The van der Waals surface area contributed by atoms with Crippen LogP contribution in [0.4, 0.5) is 5.69 Å². The van der Waals surface area contributed by atoms with E-state index in [2.05, 4.69) is 17.0 Å².